The summed E-state index contributed by atoms with van der Waals surface area (Å²) >= 11 is 0. The molecule has 1 aliphatic rings. The molecule has 0 aliphatic carbocycles. The largest absolute Gasteiger partial charge is 0.495 e. The summed E-state index contributed by atoms with van der Waals surface area (Å²) in [5.74, 6) is 0.120. The molecule has 1 N–H and O–H groups in total. The molecule has 3 aromatic carbocycles. The van der Waals surface area contributed by atoms with Crippen LogP contribution in [-0.4, -0.2) is 40.7 Å². The quantitative estimate of drug-likeness (QED) is 0.407. The van der Waals surface area contributed by atoms with Gasteiger partial charge in [-0.1, -0.05) is 60.2 Å². The molecule has 1 aliphatic heterocycles. The van der Waals surface area contributed by atoms with Gasteiger partial charge in [0, 0.05) is 18.3 Å². The molecule has 1 heterocycles. The predicted octanol–water partition coefficient (Wildman–Crippen LogP) is 4.70. The molecule has 0 spiro atoms. The number of aryl methyl sites for hydroxylation is 2. The Hall–Kier alpha value is -3.71. The van der Waals surface area contributed by atoms with Crippen molar-refractivity contribution in [3.8, 4) is 16.9 Å². The van der Waals surface area contributed by atoms with Crippen LogP contribution in [0.5, 0.6) is 5.75 Å². The van der Waals surface area contributed by atoms with Crippen molar-refractivity contribution in [2.75, 3.05) is 20.2 Å². The molecule has 0 unspecified atom stereocenters. The summed E-state index contributed by atoms with van der Waals surface area (Å²) in [5, 5.41) is 2.91. The van der Waals surface area contributed by atoms with E-state index >= 15 is 0 Å². The molecule has 0 aromatic heterocycles. The highest BCUT2D eigenvalue weighted by molar-refractivity contribution is 7.90. The smallest absolute Gasteiger partial charge is 0.249 e. The van der Waals surface area contributed by atoms with Gasteiger partial charge in [-0.15, -0.1) is 0 Å². The monoisotopic (exact) mass is 502 g/mol. The van der Waals surface area contributed by atoms with Crippen molar-refractivity contribution in [3.05, 3.63) is 95.1 Å². The Balaban J connectivity index is 1.44. The summed E-state index contributed by atoms with van der Waals surface area (Å²) in [6.07, 6.45) is 4.85. The van der Waals surface area contributed by atoms with E-state index in [2.05, 4.69) is 10.3 Å². The fourth-order valence-corrected chi connectivity index (χ4v) is 5.74. The third-order valence-electron chi connectivity index (χ3n) is 6.06. The first-order valence-corrected chi connectivity index (χ1v) is 13.5. The SMILES string of the molecule is COc1ccc(-c2cccc(C)c2)cc1S(=O)(=O)Cc1cccc(CCCNC(=O)C2=CC=NC2)c1. The number of carbonyl (C=O) groups is 1. The number of sulfone groups is 1. The van der Waals surface area contributed by atoms with Crippen LogP contribution >= 0.6 is 0 Å². The molecule has 0 fully saturated rings. The number of carbonyl (C=O) groups excluding carboxylic acids is 1. The van der Waals surface area contributed by atoms with Crippen molar-refractivity contribution in [1.82, 2.24) is 5.32 Å². The van der Waals surface area contributed by atoms with Crippen LogP contribution in [0, 0.1) is 6.92 Å². The zero-order valence-corrected chi connectivity index (χ0v) is 21.3. The first kappa shape index (κ1) is 25.4. The van der Waals surface area contributed by atoms with Crippen LogP contribution in [0.4, 0.5) is 0 Å². The van der Waals surface area contributed by atoms with Crippen molar-refractivity contribution in [3.63, 3.8) is 0 Å². The van der Waals surface area contributed by atoms with Crippen molar-refractivity contribution in [2.24, 2.45) is 4.99 Å². The summed E-state index contributed by atoms with van der Waals surface area (Å²) in [5.41, 5.74) is 5.31. The first-order chi connectivity index (χ1) is 17.4. The van der Waals surface area contributed by atoms with E-state index in [0.29, 0.717) is 30.0 Å². The molecular formula is C29H30N2O4S. The number of methoxy groups -OCH3 is 1. The number of amides is 1. The van der Waals surface area contributed by atoms with E-state index in [9.17, 15) is 13.2 Å². The van der Waals surface area contributed by atoms with Gasteiger partial charge in [0.05, 0.1) is 19.4 Å². The fraction of sp³-hybridized carbons (Fsp3) is 0.241. The number of rotatable bonds is 10. The van der Waals surface area contributed by atoms with E-state index in [4.69, 9.17) is 4.74 Å². The maximum atomic E-state index is 13.5. The molecule has 36 heavy (non-hydrogen) atoms. The number of nitrogens with one attached hydrogen (secondary N) is 1. The van der Waals surface area contributed by atoms with Gasteiger partial charge < -0.3 is 10.1 Å². The Morgan fingerprint density at radius 2 is 1.78 bits per heavy atom. The Morgan fingerprint density at radius 1 is 1.00 bits per heavy atom. The molecule has 0 atom stereocenters. The Morgan fingerprint density at radius 3 is 2.53 bits per heavy atom. The van der Waals surface area contributed by atoms with E-state index in [1.54, 1.807) is 24.4 Å². The zero-order chi connectivity index (χ0) is 25.5. The van der Waals surface area contributed by atoms with Gasteiger partial charge in [-0.3, -0.25) is 9.79 Å². The Kier molecular flexibility index (Phi) is 8.00. The highest BCUT2D eigenvalue weighted by Crippen LogP contribution is 2.32. The molecular weight excluding hydrogens is 472 g/mol. The van der Waals surface area contributed by atoms with Gasteiger partial charge in [-0.05, 0) is 60.2 Å². The molecule has 7 heteroatoms. The lowest BCUT2D eigenvalue weighted by molar-refractivity contribution is -0.117. The maximum Gasteiger partial charge on any atom is 0.249 e. The van der Waals surface area contributed by atoms with Crippen LogP contribution in [0.25, 0.3) is 11.1 Å². The van der Waals surface area contributed by atoms with Gasteiger partial charge in [0.25, 0.3) is 0 Å². The number of ether oxygens (including phenoxy) is 1. The highest BCUT2D eigenvalue weighted by Gasteiger charge is 2.21. The standard InChI is InChI=1S/C29H30N2O4S/c1-21-6-3-10-24(16-21)25-11-12-27(35-2)28(18-25)36(33,34)20-23-8-4-7-22(17-23)9-5-14-31-29(32)26-13-15-30-19-26/h3-4,6-8,10-13,15-18H,5,9,14,19-20H2,1-2H3,(H,31,32). The molecule has 4 rings (SSSR count). The van der Waals surface area contributed by atoms with Crippen LogP contribution in [0.15, 0.2) is 88.3 Å². The van der Waals surface area contributed by atoms with Gasteiger partial charge in [0.1, 0.15) is 10.6 Å². The Bertz CT molecular complexity index is 1420. The minimum absolute atomic E-state index is 0.0887. The second-order valence-electron chi connectivity index (χ2n) is 8.86. The van der Waals surface area contributed by atoms with Crippen molar-refractivity contribution >= 4 is 22.0 Å². The van der Waals surface area contributed by atoms with Crippen molar-refractivity contribution in [2.45, 2.75) is 30.4 Å². The maximum absolute atomic E-state index is 13.5. The highest BCUT2D eigenvalue weighted by atomic mass is 32.2. The number of nitrogens with zero attached hydrogens (tertiary/aromatic N) is 1. The van der Waals surface area contributed by atoms with Gasteiger partial charge in [-0.25, -0.2) is 8.42 Å². The zero-order valence-electron chi connectivity index (χ0n) is 20.5. The third kappa shape index (κ3) is 6.29. The molecule has 0 bridgehead atoms. The summed E-state index contributed by atoms with van der Waals surface area (Å²) in [6, 6.07) is 20.8. The van der Waals surface area contributed by atoms with Gasteiger partial charge in [-0.2, -0.15) is 0 Å². The van der Waals surface area contributed by atoms with Crippen molar-refractivity contribution in [1.29, 1.82) is 0 Å². The lowest BCUT2D eigenvalue weighted by Gasteiger charge is -2.13. The van der Waals surface area contributed by atoms with Crippen LogP contribution in [0.2, 0.25) is 0 Å². The van der Waals surface area contributed by atoms with Gasteiger partial charge in [0.2, 0.25) is 5.91 Å². The Labute approximate surface area is 212 Å². The normalized spacial score (nSPS) is 12.9. The van der Waals surface area contributed by atoms with Gasteiger partial charge >= 0.3 is 0 Å². The average molecular weight is 503 g/mol. The van der Waals surface area contributed by atoms with Crippen LogP contribution in [0.1, 0.15) is 23.1 Å². The number of benzene rings is 3. The van der Waals surface area contributed by atoms with E-state index in [1.807, 2.05) is 61.5 Å². The summed E-state index contributed by atoms with van der Waals surface area (Å²) in [7, 11) is -2.18. The molecule has 6 nitrogen and oxygen atoms in total. The summed E-state index contributed by atoms with van der Waals surface area (Å²) < 4.78 is 32.3. The van der Waals surface area contributed by atoms with Crippen LogP contribution in [-0.2, 0) is 26.8 Å². The van der Waals surface area contributed by atoms with Crippen LogP contribution in [0.3, 0.4) is 0 Å². The van der Waals surface area contributed by atoms with E-state index in [0.717, 1.165) is 35.1 Å². The van der Waals surface area contributed by atoms with Crippen LogP contribution < -0.4 is 10.1 Å². The number of aliphatic imine (C=N–C) groups is 1. The predicted molar refractivity (Wildman–Crippen MR) is 143 cm³/mol. The second kappa shape index (κ2) is 11.4. The first-order valence-electron chi connectivity index (χ1n) is 11.9. The molecule has 0 saturated heterocycles. The molecule has 0 radical (unpaired) electrons. The molecule has 1 amide bonds. The summed E-state index contributed by atoms with van der Waals surface area (Å²) in [6.45, 7) is 2.98. The lowest BCUT2D eigenvalue weighted by Crippen LogP contribution is -2.26. The third-order valence-corrected chi connectivity index (χ3v) is 7.76. The van der Waals surface area contributed by atoms with Gasteiger partial charge in [0.15, 0.2) is 9.84 Å². The minimum Gasteiger partial charge on any atom is -0.495 e. The number of hydrogen-bond acceptors (Lipinski definition) is 5. The van der Waals surface area contributed by atoms with E-state index in [1.165, 1.54) is 7.11 Å². The summed E-state index contributed by atoms with van der Waals surface area (Å²) in [4.78, 5) is 16.3. The fourth-order valence-electron chi connectivity index (χ4n) is 4.20. The average Bonchev–Trinajstić information content (AvgIpc) is 3.41. The van der Waals surface area contributed by atoms with E-state index in [-0.39, 0.29) is 16.6 Å². The molecule has 186 valence electrons. The number of hydrogen-bond donors (Lipinski definition) is 1. The number of allylic oxidation sites excluding steroid dienone is 1. The topological polar surface area (TPSA) is 84.8 Å². The lowest BCUT2D eigenvalue weighted by atomic mass is 10.0. The van der Waals surface area contributed by atoms with E-state index < -0.39 is 9.84 Å². The second-order valence-corrected chi connectivity index (χ2v) is 10.8. The minimum atomic E-state index is -3.66. The molecule has 3 aromatic rings. The molecule has 0 saturated carbocycles. The van der Waals surface area contributed by atoms with Crippen molar-refractivity contribution < 1.29 is 17.9 Å².